The number of nitrogens with one attached hydrogen (secondary N) is 2. The van der Waals surface area contributed by atoms with Gasteiger partial charge in [-0.3, -0.25) is 15.6 Å². The van der Waals surface area contributed by atoms with Crippen molar-refractivity contribution in [1.29, 1.82) is 0 Å². The summed E-state index contributed by atoms with van der Waals surface area (Å²) in [6.45, 7) is 1.82. The van der Waals surface area contributed by atoms with E-state index in [1.807, 2.05) is 43.3 Å². The second kappa shape index (κ2) is 4.66. The molecule has 0 bridgehead atoms. The van der Waals surface area contributed by atoms with E-state index in [2.05, 4.69) is 16.9 Å². The Balaban J connectivity index is 2.16. The molecule has 0 aromatic heterocycles. The van der Waals surface area contributed by atoms with Crippen LogP contribution in [0.4, 0.5) is 5.69 Å². The molecule has 0 aliphatic rings. The SMILES string of the molecule is CCC(=O)NNc1ccc2ccccc2c1. The number of rotatable bonds is 3. The van der Waals surface area contributed by atoms with E-state index in [0.717, 1.165) is 11.1 Å². The maximum Gasteiger partial charge on any atom is 0.238 e. The number of fused-ring (bicyclic) bond motifs is 1. The number of hydrogen-bond acceptors (Lipinski definition) is 2. The average Bonchev–Trinajstić information content (AvgIpc) is 2.35. The van der Waals surface area contributed by atoms with E-state index in [9.17, 15) is 4.79 Å². The van der Waals surface area contributed by atoms with Gasteiger partial charge < -0.3 is 0 Å². The molecule has 0 radical (unpaired) electrons. The highest BCUT2D eigenvalue weighted by atomic mass is 16.2. The number of carbonyl (C=O) groups excluding carboxylic acids is 1. The molecule has 0 spiro atoms. The number of benzene rings is 2. The van der Waals surface area contributed by atoms with Gasteiger partial charge in [-0.05, 0) is 22.9 Å². The molecule has 2 rings (SSSR count). The molecule has 0 atom stereocenters. The number of carbonyl (C=O) groups is 1. The van der Waals surface area contributed by atoms with Gasteiger partial charge in [0.1, 0.15) is 0 Å². The monoisotopic (exact) mass is 214 g/mol. The van der Waals surface area contributed by atoms with Gasteiger partial charge in [0.05, 0.1) is 5.69 Å². The molecule has 0 unspecified atom stereocenters. The zero-order valence-corrected chi connectivity index (χ0v) is 9.16. The van der Waals surface area contributed by atoms with E-state index < -0.39 is 0 Å². The molecule has 0 fully saturated rings. The van der Waals surface area contributed by atoms with Crippen LogP contribution in [0, 0.1) is 0 Å². The second-order valence-corrected chi connectivity index (χ2v) is 3.59. The lowest BCUT2D eigenvalue weighted by molar-refractivity contribution is -0.120. The predicted molar refractivity (Wildman–Crippen MR) is 66.0 cm³/mol. The summed E-state index contributed by atoms with van der Waals surface area (Å²) in [6, 6.07) is 14.1. The van der Waals surface area contributed by atoms with Crippen molar-refractivity contribution in [3.63, 3.8) is 0 Å². The van der Waals surface area contributed by atoms with Crippen molar-refractivity contribution in [1.82, 2.24) is 5.43 Å². The molecule has 0 saturated carbocycles. The Labute approximate surface area is 94.4 Å². The van der Waals surface area contributed by atoms with Crippen molar-refractivity contribution in [2.24, 2.45) is 0 Å². The van der Waals surface area contributed by atoms with E-state index >= 15 is 0 Å². The Morgan fingerprint density at radius 3 is 2.62 bits per heavy atom. The van der Waals surface area contributed by atoms with Gasteiger partial charge in [0, 0.05) is 6.42 Å². The van der Waals surface area contributed by atoms with E-state index in [-0.39, 0.29) is 5.91 Å². The minimum absolute atomic E-state index is 0.0202. The first kappa shape index (κ1) is 10.5. The van der Waals surface area contributed by atoms with E-state index in [1.54, 1.807) is 0 Å². The molecule has 0 heterocycles. The highest BCUT2D eigenvalue weighted by molar-refractivity contribution is 5.86. The first-order valence-electron chi connectivity index (χ1n) is 5.33. The number of hydrazine groups is 1. The Bertz CT molecular complexity index is 508. The van der Waals surface area contributed by atoms with Gasteiger partial charge in [0.15, 0.2) is 0 Å². The largest absolute Gasteiger partial charge is 0.299 e. The second-order valence-electron chi connectivity index (χ2n) is 3.59. The Morgan fingerprint density at radius 1 is 1.12 bits per heavy atom. The summed E-state index contributed by atoms with van der Waals surface area (Å²) < 4.78 is 0. The molecule has 0 aliphatic heterocycles. The zero-order chi connectivity index (χ0) is 11.4. The molecule has 2 aromatic rings. The van der Waals surface area contributed by atoms with Crippen LogP contribution in [-0.2, 0) is 4.79 Å². The van der Waals surface area contributed by atoms with Crippen molar-refractivity contribution >= 4 is 22.4 Å². The quantitative estimate of drug-likeness (QED) is 0.771. The third-order valence-corrected chi connectivity index (χ3v) is 2.42. The summed E-state index contributed by atoms with van der Waals surface area (Å²) >= 11 is 0. The summed E-state index contributed by atoms with van der Waals surface area (Å²) in [5, 5.41) is 2.34. The highest BCUT2D eigenvalue weighted by Gasteiger charge is 1.97. The molecular weight excluding hydrogens is 200 g/mol. The van der Waals surface area contributed by atoms with Crippen LogP contribution in [0.15, 0.2) is 42.5 Å². The topological polar surface area (TPSA) is 41.1 Å². The highest BCUT2D eigenvalue weighted by Crippen LogP contribution is 2.18. The molecule has 0 aliphatic carbocycles. The van der Waals surface area contributed by atoms with E-state index in [0.29, 0.717) is 6.42 Å². The standard InChI is InChI=1S/C13H14N2O/c1-2-13(16)15-14-12-8-7-10-5-3-4-6-11(10)9-12/h3-9,14H,2H2,1H3,(H,15,16). The summed E-state index contributed by atoms with van der Waals surface area (Å²) in [5.41, 5.74) is 6.40. The molecule has 16 heavy (non-hydrogen) atoms. The summed E-state index contributed by atoms with van der Waals surface area (Å²) in [7, 11) is 0. The van der Waals surface area contributed by atoms with Crippen molar-refractivity contribution in [2.75, 3.05) is 5.43 Å². The van der Waals surface area contributed by atoms with Crippen LogP contribution in [0.3, 0.4) is 0 Å². The minimum atomic E-state index is -0.0202. The fourth-order valence-corrected chi connectivity index (χ4v) is 1.50. The molecule has 0 saturated heterocycles. The minimum Gasteiger partial charge on any atom is -0.299 e. The fourth-order valence-electron chi connectivity index (χ4n) is 1.50. The van der Waals surface area contributed by atoms with Crippen LogP contribution in [0.25, 0.3) is 10.8 Å². The smallest absolute Gasteiger partial charge is 0.238 e. The first-order chi connectivity index (χ1) is 7.79. The molecule has 2 aromatic carbocycles. The van der Waals surface area contributed by atoms with Gasteiger partial charge >= 0.3 is 0 Å². The molecule has 3 nitrogen and oxygen atoms in total. The third kappa shape index (κ3) is 2.31. The van der Waals surface area contributed by atoms with E-state index in [1.165, 1.54) is 5.39 Å². The predicted octanol–water partition coefficient (Wildman–Crippen LogP) is 2.69. The molecule has 1 amide bonds. The van der Waals surface area contributed by atoms with Gasteiger partial charge in [0.25, 0.3) is 0 Å². The van der Waals surface area contributed by atoms with Crippen molar-refractivity contribution in [3.05, 3.63) is 42.5 Å². The van der Waals surface area contributed by atoms with Gasteiger partial charge in [-0.15, -0.1) is 0 Å². The van der Waals surface area contributed by atoms with Crippen molar-refractivity contribution < 1.29 is 4.79 Å². The van der Waals surface area contributed by atoms with Crippen LogP contribution in [0.1, 0.15) is 13.3 Å². The van der Waals surface area contributed by atoms with Gasteiger partial charge in [-0.2, -0.15) is 0 Å². The molecular formula is C13H14N2O. The van der Waals surface area contributed by atoms with Gasteiger partial charge in [0.2, 0.25) is 5.91 Å². The maximum atomic E-state index is 11.1. The van der Waals surface area contributed by atoms with Crippen molar-refractivity contribution in [2.45, 2.75) is 13.3 Å². The average molecular weight is 214 g/mol. The molecule has 82 valence electrons. The summed E-state index contributed by atoms with van der Waals surface area (Å²) in [4.78, 5) is 11.1. The van der Waals surface area contributed by atoms with Crippen LogP contribution < -0.4 is 10.9 Å². The Hall–Kier alpha value is -2.03. The Morgan fingerprint density at radius 2 is 1.88 bits per heavy atom. The summed E-state index contributed by atoms with van der Waals surface area (Å²) in [6.07, 6.45) is 0.473. The lowest BCUT2D eigenvalue weighted by Gasteiger charge is -2.08. The van der Waals surface area contributed by atoms with Crippen LogP contribution in [0.2, 0.25) is 0 Å². The number of amides is 1. The maximum absolute atomic E-state index is 11.1. The lowest BCUT2D eigenvalue weighted by Crippen LogP contribution is -2.28. The first-order valence-corrected chi connectivity index (χ1v) is 5.33. The van der Waals surface area contributed by atoms with Crippen LogP contribution >= 0.6 is 0 Å². The van der Waals surface area contributed by atoms with Crippen molar-refractivity contribution in [3.8, 4) is 0 Å². The van der Waals surface area contributed by atoms with Crippen LogP contribution in [-0.4, -0.2) is 5.91 Å². The van der Waals surface area contributed by atoms with E-state index in [4.69, 9.17) is 0 Å². The van der Waals surface area contributed by atoms with Gasteiger partial charge in [-0.25, -0.2) is 0 Å². The van der Waals surface area contributed by atoms with Gasteiger partial charge in [-0.1, -0.05) is 37.3 Å². The molecule has 2 N–H and O–H groups in total. The molecule has 3 heteroatoms. The zero-order valence-electron chi connectivity index (χ0n) is 9.16. The number of anilines is 1. The van der Waals surface area contributed by atoms with Crippen LogP contribution in [0.5, 0.6) is 0 Å². The fraction of sp³-hybridized carbons (Fsp3) is 0.154. The lowest BCUT2D eigenvalue weighted by atomic mass is 10.1. The normalized spacial score (nSPS) is 10.1. The number of hydrogen-bond donors (Lipinski definition) is 2. The Kier molecular flexibility index (Phi) is 3.05. The summed E-state index contributed by atoms with van der Waals surface area (Å²) in [5.74, 6) is -0.0202. The third-order valence-electron chi connectivity index (χ3n) is 2.42.